The Morgan fingerprint density at radius 1 is 0.950 bits per heavy atom. The minimum Gasteiger partial charge on any atom is -0.497 e. The fourth-order valence-corrected chi connectivity index (χ4v) is 5.30. The van der Waals surface area contributed by atoms with E-state index in [4.69, 9.17) is 19.2 Å². The molecule has 0 atom stereocenters. The number of amides is 1. The number of carbonyl (C=O) groups is 1. The Morgan fingerprint density at radius 3 is 2.42 bits per heavy atom. The van der Waals surface area contributed by atoms with Crippen molar-refractivity contribution in [3.05, 3.63) is 78.1 Å². The summed E-state index contributed by atoms with van der Waals surface area (Å²) in [6, 6.07) is 22.3. The molecule has 0 saturated carbocycles. The van der Waals surface area contributed by atoms with Gasteiger partial charge in [0.15, 0.2) is 0 Å². The quantitative estimate of drug-likeness (QED) is 0.271. The molecule has 1 aliphatic rings. The fourth-order valence-electron chi connectivity index (χ4n) is 5.30. The normalized spacial score (nSPS) is 13.9. The molecule has 8 nitrogen and oxygen atoms in total. The van der Waals surface area contributed by atoms with E-state index < -0.39 is 0 Å². The molecule has 1 amide bonds. The zero-order valence-corrected chi connectivity index (χ0v) is 23.1. The van der Waals surface area contributed by atoms with Crippen LogP contribution in [-0.2, 0) is 17.6 Å². The number of rotatable bonds is 7. The van der Waals surface area contributed by atoms with Crippen LogP contribution in [0.15, 0.2) is 71.3 Å². The average molecular weight is 536 g/mol. The zero-order chi connectivity index (χ0) is 27.6. The topological polar surface area (TPSA) is 84.6 Å². The molecule has 0 unspecified atom stereocenters. The van der Waals surface area contributed by atoms with Crippen LogP contribution in [-0.4, -0.2) is 59.2 Å². The van der Waals surface area contributed by atoms with Gasteiger partial charge in [-0.05, 0) is 40.5 Å². The molecule has 3 heterocycles. The van der Waals surface area contributed by atoms with Gasteiger partial charge in [0.25, 0.3) is 5.71 Å². The van der Waals surface area contributed by atoms with E-state index in [0.717, 1.165) is 51.4 Å². The average Bonchev–Trinajstić information content (AvgIpc) is 3.40. The number of ether oxygens (including phenoxy) is 1. The maximum atomic E-state index is 13.1. The van der Waals surface area contributed by atoms with Crippen LogP contribution >= 0.6 is 0 Å². The summed E-state index contributed by atoms with van der Waals surface area (Å²) < 4.78 is 11.0. The summed E-state index contributed by atoms with van der Waals surface area (Å²) >= 11 is 0. The number of piperazine rings is 1. The van der Waals surface area contributed by atoms with Crippen LogP contribution in [0.2, 0.25) is 0 Å². The van der Waals surface area contributed by atoms with Crippen LogP contribution in [0, 0.1) is 5.92 Å². The predicted octanol–water partition coefficient (Wildman–Crippen LogP) is 5.54. The van der Waals surface area contributed by atoms with Gasteiger partial charge in [-0.25, -0.2) is 4.98 Å². The second-order valence-electron chi connectivity index (χ2n) is 10.7. The van der Waals surface area contributed by atoms with Crippen molar-refractivity contribution in [2.45, 2.75) is 26.7 Å². The lowest BCUT2D eigenvalue weighted by Crippen LogP contribution is -2.49. The molecule has 6 rings (SSSR count). The molecule has 2 aromatic heterocycles. The third-order valence-electron chi connectivity index (χ3n) is 7.42. The van der Waals surface area contributed by atoms with Crippen LogP contribution < -0.4 is 9.64 Å². The monoisotopic (exact) mass is 535 g/mol. The van der Waals surface area contributed by atoms with Crippen molar-refractivity contribution in [1.82, 2.24) is 20.0 Å². The largest absolute Gasteiger partial charge is 0.497 e. The van der Waals surface area contributed by atoms with Gasteiger partial charge in [-0.3, -0.25) is 4.79 Å². The van der Waals surface area contributed by atoms with Gasteiger partial charge in [-0.15, -0.1) is 0 Å². The summed E-state index contributed by atoms with van der Waals surface area (Å²) in [7, 11) is 1.64. The Morgan fingerprint density at radius 2 is 1.70 bits per heavy atom. The van der Waals surface area contributed by atoms with Gasteiger partial charge in [0, 0.05) is 38.2 Å². The van der Waals surface area contributed by atoms with Crippen LogP contribution in [0.5, 0.6) is 5.75 Å². The summed E-state index contributed by atoms with van der Waals surface area (Å²) in [5.41, 5.74) is 3.19. The van der Waals surface area contributed by atoms with Gasteiger partial charge in [0.05, 0.1) is 13.5 Å². The summed E-state index contributed by atoms with van der Waals surface area (Å²) in [6.07, 6.45) is 1.12. The van der Waals surface area contributed by atoms with Crippen LogP contribution in [0.3, 0.4) is 0 Å². The fraction of sp³-hybridized carbons (Fsp3) is 0.312. The highest BCUT2D eigenvalue weighted by molar-refractivity contribution is 6.00. The highest BCUT2D eigenvalue weighted by Crippen LogP contribution is 2.35. The Bertz CT molecular complexity index is 1650. The van der Waals surface area contributed by atoms with E-state index in [1.165, 1.54) is 5.39 Å². The highest BCUT2D eigenvalue weighted by atomic mass is 16.5. The van der Waals surface area contributed by atoms with E-state index in [1.807, 2.05) is 41.3 Å². The third kappa shape index (κ3) is 5.21. The molecule has 0 N–H and O–H groups in total. The van der Waals surface area contributed by atoms with Gasteiger partial charge >= 0.3 is 0 Å². The van der Waals surface area contributed by atoms with Crippen LogP contribution in [0.1, 0.15) is 25.2 Å². The Kier molecular flexibility index (Phi) is 7.07. The molecule has 0 bridgehead atoms. The smallest absolute Gasteiger partial charge is 0.263 e. The maximum Gasteiger partial charge on any atom is 0.263 e. The van der Waals surface area contributed by atoms with Crippen molar-refractivity contribution in [2.24, 2.45) is 5.92 Å². The summed E-state index contributed by atoms with van der Waals surface area (Å²) in [6.45, 7) is 6.89. The first-order valence-electron chi connectivity index (χ1n) is 13.8. The molecule has 8 heteroatoms. The second-order valence-corrected chi connectivity index (χ2v) is 10.7. The van der Waals surface area contributed by atoms with Crippen molar-refractivity contribution in [3.8, 4) is 17.0 Å². The zero-order valence-electron chi connectivity index (χ0n) is 23.1. The molecule has 0 radical (unpaired) electrons. The number of benzene rings is 3. The Labute approximate surface area is 233 Å². The van der Waals surface area contributed by atoms with Crippen molar-refractivity contribution >= 4 is 33.6 Å². The Balaban J connectivity index is 1.28. The van der Waals surface area contributed by atoms with E-state index >= 15 is 0 Å². The Hall–Kier alpha value is -4.46. The number of carbonyl (C=O) groups excluding carboxylic acids is 1. The number of anilines is 1. The minimum atomic E-state index is 0.125. The van der Waals surface area contributed by atoms with Gasteiger partial charge in [0.1, 0.15) is 28.5 Å². The van der Waals surface area contributed by atoms with E-state index in [0.29, 0.717) is 44.2 Å². The summed E-state index contributed by atoms with van der Waals surface area (Å²) in [5.74, 6) is 2.89. The molecular formula is C32H33N5O3. The first-order valence-corrected chi connectivity index (χ1v) is 13.8. The number of hydrogen-bond donors (Lipinski definition) is 0. The molecule has 0 spiro atoms. The van der Waals surface area contributed by atoms with Gasteiger partial charge in [-0.2, -0.15) is 4.98 Å². The molecule has 1 fully saturated rings. The van der Waals surface area contributed by atoms with Gasteiger partial charge in [0.2, 0.25) is 5.91 Å². The lowest BCUT2D eigenvalue weighted by atomic mass is 10.0. The van der Waals surface area contributed by atoms with Crippen LogP contribution in [0.25, 0.3) is 33.1 Å². The third-order valence-corrected chi connectivity index (χ3v) is 7.42. The van der Waals surface area contributed by atoms with Crippen LogP contribution in [0.4, 0.5) is 5.82 Å². The number of fused-ring (bicyclic) bond motifs is 2. The van der Waals surface area contributed by atoms with E-state index in [9.17, 15) is 4.79 Å². The minimum absolute atomic E-state index is 0.125. The summed E-state index contributed by atoms with van der Waals surface area (Å²) in [5, 5.41) is 7.60. The SMILES string of the molecule is COc1ccc(CC(=O)N2CCN(c3nc(CC(C)C)nc4onc(-c5ccc6ccccc6c5)c34)CC2)cc1. The van der Waals surface area contributed by atoms with E-state index in [2.05, 4.69) is 54.2 Å². The molecule has 0 aliphatic carbocycles. The molecule has 204 valence electrons. The summed E-state index contributed by atoms with van der Waals surface area (Å²) in [4.78, 5) is 27.0. The van der Waals surface area contributed by atoms with Crippen molar-refractivity contribution < 1.29 is 14.1 Å². The lowest BCUT2D eigenvalue weighted by Gasteiger charge is -2.35. The van der Waals surface area contributed by atoms with Gasteiger partial charge < -0.3 is 19.1 Å². The molecule has 40 heavy (non-hydrogen) atoms. The number of nitrogens with zero attached hydrogens (tertiary/aromatic N) is 5. The first kappa shape index (κ1) is 25.8. The van der Waals surface area contributed by atoms with Gasteiger partial charge in [-0.1, -0.05) is 67.5 Å². The van der Waals surface area contributed by atoms with E-state index in [1.54, 1.807) is 7.11 Å². The number of methoxy groups -OCH3 is 1. The predicted molar refractivity (Wildman–Crippen MR) is 157 cm³/mol. The van der Waals surface area contributed by atoms with E-state index in [-0.39, 0.29) is 5.91 Å². The molecular weight excluding hydrogens is 502 g/mol. The molecule has 1 aliphatic heterocycles. The van der Waals surface area contributed by atoms with Crippen molar-refractivity contribution in [1.29, 1.82) is 0 Å². The molecule has 1 saturated heterocycles. The standard InChI is InChI=1S/C32H33N5O3/c1-21(2)18-27-33-31(37-16-14-36(15-17-37)28(38)19-22-8-12-26(39-3)13-9-22)29-30(35-40-32(29)34-27)25-11-10-23-6-4-5-7-24(23)20-25/h4-13,20-21H,14-19H2,1-3H3. The molecule has 5 aromatic rings. The van der Waals surface area contributed by atoms with Crippen molar-refractivity contribution in [3.63, 3.8) is 0 Å². The highest BCUT2D eigenvalue weighted by Gasteiger charge is 2.27. The number of aromatic nitrogens is 3. The number of hydrogen-bond acceptors (Lipinski definition) is 7. The maximum absolute atomic E-state index is 13.1. The first-order chi connectivity index (χ1) is 19.5. The second kappa shape index (κ2) is 11.0. The van der Waals surface area contributed by atoms with Crippen molar-refractivity contribution in [2.75, 3.05) is 38.2 Å². The lowest BCUT2D eigenvalue weighted by molar-refractivity contribution is -0.130. The molecule has 3 aromatic carbocycles.